The molecule has 0 atom stereocenters. The highest BCUT2D eigenvalue weighted by molar-refractivity contribution is 5.29. The van der Waals surface area contributed by atoms with Crippen molar-refractivity contribution in [3.05, 3.63) is 128 Å². The van der Waals surface area contributed by atoms with Crippen LogP contribution in [0.5, 0.6) is 11.5 Å². The molecular formula is C30H32N2O4. The molecule has 0 N–H and O–H groups in total. The third kappa shape index (κ3) is 6.33. The second kappa shape index (κ2) is 12.1. The molecule has 0 aliphatic heterocycles. The van der Waals surface area contributed by atoms with Crippen LogP contribution >= 0.6 is 0 Å². The number of rotatable bonds is 11. The topological polar surface area (TPSA) is 62.5 Å². The van der Waals surface area contributed by atoms with Gasteiger partial charge in [0.25, 0.3) is 0 Å². The van der Waals surface area contributed by atoms with Gasteiger partial charge in [0.05, 0.1) is 11.4 Å². The molecule has 4 rings (SSSR count). The van der Waals surface area contributed by atoms with Gasteiger partial charge in [0.2, 0.25) is 10.9 Å². The highest BCUT2D eigenvalue weighted by Gasteiger charge is 2.11. The fourth-order valence-corrected chi connectivity index (χ4v) is 4.17. The van der Waals surface area contributed by atoms with Gasteiger partial charge in [0.15, 0.2) is 11.5 Å². The Bertz CT molecular complexity index is 1280. The van der Waals surface area contributed by atoms with E-state index in [1.54, 1.807) is 12.1 Å². The molecule has 0 aliphatic rings. The number of nitrogens with zero attached hydrogens (tertiary/aromatic N) is 2. The Kier molecular flexibility index (Phi) is 8.40. The summed E-state index contributed by atoms with van der Waals surface area (Å²) in [5.74, 6) is 0.802. The summed E-state index contributed by atoms with van der Waals surface area (Å²) in [4.78, 5) is 24.8. The molecule has 186 valence electrons. The lowest BCUT2D eigenvalue weighted by molar-refractivity contribution is 0.295. The molecule has 0 aliphatic carbocycles. The lowest BCUT2D eigenvalue weighted by atomic mass is 10.2. The van der Waals surface area contributed by atoms with E-state index in [2.05, 4.69) is 9.13 Å². The molecule has 6 heteroatoms. The van der Waals surface area contributed by atoms with Crippen molar-refractivity contribution in [1.29, 1.82) is 0 Å². The number of unbranched alkanes of at least 4 members (excludes halogenated alkanes) is 1. The van der Waals surface area contributed by atoms with Gasteiger partial charge in [-0.15, -0.1) is 0 Å². The highest BCUT2D eigenvalue weighted by Crippen LogP contribution is 2.17. The lowest BCUT2D eigenvalue weighted by Crippen LogP contribution is -2.16. The van der Waals surface area contributed by atoms with Crippen molar-refractivity contribution < 1.29 is 9.47 Å². The molecule has 0 spiro atoms. The van der Waals surface area contributed by atoms with Gasteiger partial charge in [-0.3, -0.25) is 9.59 Å². The van der Waals surface area contributed by atoms with E-state index < -0.39 is 0 Å². The summed E-state index contributed by atoms with van der Waals surface area (Å²) in [5, 5.41) is 0. The van der Waals surface area contributed by atoms with Gasteiger partial charge in [-0.1, -0.05) is 60.7 Å². The Balaban J connectivity index is 1.34. The number of pyridine rings is 2. The van der Waals surface area contributed by atoms with Gasteiger partial charge in [0, 0.05) is 37.6 Å². The first-order valence-electron chi connectivity index (χ1n) is 12.3. The Hall–Kier alpha value is -4.06. The van der Waals surface area contributed by atoms with E-state index in [0.29, 0.717) is 24.7 Å². The van der Waals surface area contributed by atoms with Crippen LogP contribution in [0.15, 0.2) is 94.8 Å². The zero-order chi connectivity index (χ0) is 25.3. The van der Waals surface area contributed by atoms with Crippen LogP contribution in [0.3, 0.4) is 0 Å². The first-order chi connectivity index (χ1) is 17.5. The van der Waals surface area contributed by atoms with Crippen molar-refractivity contribution in [2.45, 2.75) is 53.0 Å². The fraction of sp³-hybridized carbons (Fsp3) is 0.267. The predicted octanol–water partition coefficient (Wildman–Crippen LogP) is 5.27. The lowest BCUT2D eigenvalue weighted by Gasteiger charge is -2.17. The second-order valence-corrected chi connectivity index (χ2v) is 8.83. The number of hydrogen-bond donors (Lipinski definition) is 0. The summed E-state index contributed by atoms with van der Waals surface area (Å²) >= 11 is 0. The van der Waals surface area contributed by atoms with E-state index in [-0.39, 0.29) is 10.9 Å². The van der Waals surface area contributed by atoms with Gasteiger partial charge in [-0.2, -0.15) is 0 Å². The van der Waals surface area contributed by atoms with Crippen LogP contribution in [0.25, 0.3) is 0 Å². The normalized spacial score (nSPS) is 10.8. The maximum absolute atomic E-state index is 12.4. The molecule has 36 heavy (non-hydrogen) atoms. The van der Waals surface area contributed by atoms with Crippen LogP contribution in [-0.4, -0.2) is 9.13 Å². The fourth-order valence-electron chi connectivity index (χ4n) is 4.17. The molecule has 0 radical (unpaired) electrons. The molecule has 4 aromatic rings. The SMILES string of the molecule is Cc1c(OCc2ccccc2)c(=O)ccn1CCCCn1ccc(=O)c(OCc2ccccc2)c1C. The summed E-state index contributed by atoms with van der Waals surface area (Å²) in [6, 6.07) is 22.8. The number of benzene rings is 2. The molecule has 2 heterocycles. The molecule has 0 amide bonds. The van der Waals surface area contributed by atoms with E-state index in [1.165, 1.54) is 0 Å². The van der Waals surface area contributed by atoms with Gasteiger partial charge >= 0.3 is 0 Å². The molecule has 6 nitrogen and oxygen atoms in total. The zero-order valence-corrected chi connectivity index (χ0v) is 20.9. The third-order valence-corrected chi connectivity index (χ3v) is 6.28. The average molecular weight is 485 g/mol. The van der Waals surface area contributed by atoms with Crippen molar-refractivity contribution in [3.63, 3.8) is 0 Å². The van der Waals surface area contributed by atoms with Crippen LogP contribution < -0.4 is 20.3 Å². The Morgan fingerprint density at radius 3 is 1.36 bits per heavy atom. The van der Waals surface area contributed by atoms with Crippen molar-refractivity contribution in [3.8, 4) is 11.5 Å². The number of ether oxygens (including phenoxy) is 2. The molecule has 0 bridgehead atoms. The van der Waals surface area contributed by atoms with Crippen molar-refractivity contribution >= 4 is 0 Å². The smallest absolute Gasteiger partial charge is 0.223 e. The molecule has 2 aromatic carbocycles. The summed E-state index contributed by atoms with van der Waals surface area (Å²) in [5.41, 5.74) is 3.49. The van der Waals surface area contributed by atoms with Crippen LogP contribution in [0.4, 0.5) is 0 Å². The zero-order valence-electron chi connectivity index (χ0n) is 20.9. The Morgan fingerprint density at radius 1 is 0.583 bits per heavy atom. The highest BCUT2D eigenvalue weighted by atomic mass is 16.5. The molecule has 0 fully saturated rings. The summed E-state index contributed by atoms with van der Waals surface area (Å²) in [6.45, 7) is 6.10. The van der Waals surface area contributed by atoms with Gasteiger partial charge < -0.3 is 18.6 Å². The Morgan fingerprint density at radius 2 is 0.972 bits per heavy atom. The van der Waals surface area contributed by atoms with E-state index in [0.717, 1.165) is 48.4 Å². The first-order valence-corrected chi connectivity index (χ1v) is 12.3. The van der Waals surface area contributed by atoms with E-state index >= 15 is 0 Å². The summed E-state index contributed by atoms with van der Waals surface area (Å²) in [7, 11) is 0. The largest absolute Gasteiger partial charge is 0.483 e. The van der Waals surface area contributed by atoms with Gasteiger partial charge in [-0.05, 0) is 37.8 Å². The molecule has 0 saturated carbocycles. The van der Waals surface area contributed by atoms with Crippen LogP contribution in [0, 0.1) is 13.8 Å². The predicted molar refractivity (Wildman–Crippen MR) is 142 cm³/mol. The average Bonchev–Trinajstić information content (AvgIpc) is 2.90. The number of aromatic nitrogens is 2. The van der Waals surface area contributed by atoms with E-state index in [1.807, 2.05) is 86.9 Å². The second-order valence-electron chi connectivity index (χ2n) is 8.83. The van der Waals surface area contributed by atoms with E-state index in [4.69, 9.17) is 9.47 Å². The van der Waals surface area contributed by atoms with E-state index in [9.17, 15) is 9.59 Å². The van der Waals surface area contributed by atoms with Crippen molar-refractivity contribution in [1.82, 2.24) is 9.13 Å². The third-order valence-electron chi connectivity index (χ3n) is 6.28. The van der Waals surface area contributed by atoms with Crippen LogP contribution in [0.1, 0.15) is 35.4 Å². The molecule has 2 aromatic heterocycles. The minimum Gasteiger partial charge on any atom is -0.483 e. The maximum atomic E-state index is 12.4. The maximum Gasteiger partial charge on any atom is 0.223 e. The van der Waals surface area contributed by atoms with Crippen LogP contribution in [-0.2, 0) is 26.3 Å². The molecule has 0 saturated heterocycles. The Labute approximate surface area is 211 Å². The van der Waals surface area contributed by atoms with Gasteiger partial charge in [0.1, 0.15) is 13.2 Å². The number of aryl methyl sites for hydroxylation is 2. The minimum absolute atomic E-state index is 0.105. The van der Waals surface area contributed by atoms with Crippen molar-refractivity contribution in [2.24, 2.45) is 0 Å². The summed E-state index contributed by atoms with van der Waals surface area (Å²) in [6.07, 6.45) is 5.47. The number of hydrogen-bond acceptors (Lipinski definition) is 4. The van der Waals surface area contributed by atoms with Gasteiger partial charge in [-0.25, -0.2) is 0 Å². The standard InChI is InChI=1S/C30H32N2O4/c1-23-29(35-21-25-11-5-3-6-12-25)27(33)15-19-31(23)17-9-10-18-32-20-16-28(34)30(24(32)2)36-22-26-13-7-4-8-14-26/h3-8,11-16,19-20H,9-10,17-18,21-22H2,1-2H3. The monoisotopic (exact) mass is 484 g/mol. The summed E-state index contributed by atoms with van der Waals surface area (Å²) < 4.78 is 15.9. The van der Waals surface area contributed by atoms with Crippen molar-refractivity contribution in [2.75, 3.05) is 0 Å². The minimum atomic E-state index is -0.105. The quantitative estimate of drug-likeness (QED) is 0.272. The molecule has 0 unspecified atom stereocenters. The van der Waals surface area contributed by atoms with Crippen LogP contribution in [0.2, 0.25) is 0 Å². The molecular weight excluding hydrogens is 452 g/mol. The first kappa shape index (κ1) is 25.0.